The number of benzene rings is 2. The number of halogens is 2. The van der Waals surface area contributed by atoms with Gasteiger partial charge in [-0.15, -0.1) is 11.8 Å². The molecular formula is C45H60F2N4O7S2. The van der Waals surface area contributed by atoms with E-state index < -0.39 is 90.7 Å². The first-order chi connectivity index (χ1) is 28.1. The highest BCUT2D eigenvalue weighted by Crippen LogP contribution is 2.52. The topological polar surface area (TPSA) is 151 Å². The second-order valence-corrected chi connectivity index (χ2v) is 22.5. The van der Waals surface area contributed by atoms with Crippen molar-refractivity contribution in [1.82, 2.24) is 20.3 Å². The zero-order valence-corrected chi connectivity index (χ0v) is 37.2. The molecule has 3 fully saturated rings. The summed E-state index contributed by atoms with van der Waals surface area (Å²) in [5.41, 5.74) is -1.17. The van der Waals surface area contributed by atoms with Gasteiger partial charge in [-0.05, 0) is 87.8 Å². The SMILES string of the molecule is CC(C)(C)OC(=O)N[C@H](C(=O)N1C[C@]2(c3ccc(-c4ccccc4)cc3)C[C@H]1C(=O)N[C@@]1(C[C@H]1C(F)F)C(=O)NS(=O)(=O)C1(CCCCCC/C=C/CS2)CC1)C(C)(C)C. The van der Waals surface area contributed by atoms with E-state index in [0.717, 1.165) is 42.4 Å². The van der Waals surface area contributed by atoms with Crippen LogP contribution < -0.4 is 15.4 Å². The number of carbonyl (C=O) groups excluding carboxylic acids is 4. The van der Waals surface area contributed by atoms with Crippen molar-refractivity contribution < 1.29 is 41.1 Å². The third-order valence-electron chi connectivity index (χ3n) is 12.3. The lowest BCUT2D eigenvalue weighted by Gasteiger charge is -2.36. The molecule has 60 heavy (non-hydrogen) atoms. The molecule has 6 rings (SSSR count). The number of rotatable bonds is 5. The van der Waals surface area contributed by atoms with Crippen molar-refractivity contribution in [3.8, 4) is 11.1 Å². The Morgan fingerprint density at radius 2 is 1.53 bits per heavy atom. The number of ether oxygens (including phenoxy) is 1. The number of nitrogens with zero attached hydrogens (tertiary/aromatic N) is 1. The number of hydrogen-bond acceptors (Lipinski definition) is 8. The molecule has 11 nitrogen and oxygen atoms in total. The van der Waals surface area contributed by atoms with Crippen LogP contribution in [0.15, 0.2) is 66.7 Å². The van der Waals surface area contributed by atoms with Crippen LogP contribution in [0.4, 0.5) is 13.6 Å². The van der Waals surface area contributed by atoms with Crippen molar-refractivity contribution >= 4 is 45.6 Å². The number of thioether (sulfide) groups is 1. The molecule has 2 heterocycles. The Hall–Kier alpha value is -3.98. The Balaban J connectivity index is 1.42. The maximum absolute atomic E-state index is 15.0. The maximum atomic E-state index is 15.0. The van der Waals surface area contributed by atoms with Crippen LogP contribution in [0.3, 0.4) is 0 Å². The summed E-state index contributed by atoms with van der Waals surface area (Å²) in [5, 5.41) is 5.33. The second-order valence-electron chi connectivity index (χ2n) is 19.0. The Labute approximate surface area is 357 Å². The first-order valence-corrected chi connectivity index (χ1v) is 23.5. The molecule has 3 N–H and O–H groups in total. The van der Waals surface area contributed by atoms with Crippen molar-refractivity contribution in [1.29, 1.82) is 0 Å². The van der Waals surface area contributed by atoms with E-state index in [-0.39, 0.29) is 13.0 Å². The number of alkyl carbamates (subject to hydrolysis) is 1. The van der Waals surface area contributed by atoms with Crippen molar-refractivity contribution in [3.63, 3.8) is 0 Å². The number of alkyl halides is 2. The minimum Gasteiger partial charge on any atom is -0.444 e. The molecule has 4 amide bonds. The van der Waals surface area contributed by atoms with E-state index in [1.807, 2.05) is 54.6 Å². The van der Waals surface area contributed by atoms with Crippen molar-refractivity contribution in [2.75, 3.05) is 12.3 Å². The van der Waals surface area contributed by atoms with Gasteiger partial charge in [0, 0.05) is 12.3 Å². The van der Waals surface area contributed by atoms with Crippen molar-refractivity contribution in [2.24, 2.45) is 11.3 Å². The summed E-state index contributed by atoms with van der Waals surface area (Å²) < 4.78 is 62.1. The zero-order chi connectivity index (χ0) is 43.7. The van der Waals surface area contributed by atoms with Gasteiger partial charge in [0.1, 0.15) is 23.2 Å². The normalized spacial score (nSPS) is 28.3. The molecule has 2 aromatic rings. The monoisotopic (exact) mass is 870 g/mol. The molecule has 0 radical (unpaired) electrons. The fraction of sp³-hybridized carbons (Fsp3) is 0.600. The average molecular weight is 871 g/mol. The van der Waals surface area contributed by atoms with Crippen molar-refractivity contribution in [3.05, 3.63) is 72.3 Å². The molecule has 2 aliphatic carbocycles. The highest BCUT2D eigenvalue weighted by Gasteiger charge is 2.68. The predicted molar refractivity (Wildman–Crippen MR) is 230 cm³/mol. The molecular weight excluding hydrogens is 811 g/mol. The Kier molecular flexibility index (Phi) is 13.2. The largest absolute Gasteiger partial charge is 0.444 e. The molecule has 2 saturated carbocycles. The quantitative estimate of drug-likeness (QED) is 0.257. The van der Waals surface area contributed by atoms with Gasteiger partial charge < -0.3 is 20.3 Å². The number of allylic oxidation sites excluding steroid dienone is 1. The lowest BCUT2D eigenvalue weighted by molar-refractivity contribution is -0.143. The first kappa shape index (κ1) is 45.5. The number of carbonyl (C=O) groups is 4. The molecule has 2 aromatic carbocycles. The summed E-state index contributed by atoms with van der Waals surface area (Å²) in [6.07, 6.45) is 5.04. The number of amides is 4. The highest BCUT2D eigenvalue weighted by atomic mass is 32.2. The minimum absolute atomic E-state index is 0.00403. The van der Waals surface area contributed by atoms with Gasteiger partial charge >= 0.3 is 6.09 Å². The fourth-order valence-corrected chi connectivity index (χ4v) is 11.6. The predicted octanol–water partition coefficient (Wildman–Crippen LogP) is 7.85. The molecule has 1 saturated heterocycles. The number of likely N-dealkylation sites (tertiary alicyclic amines) is 1. The number of hydrogen-bond donors (Lipinski definition) is 3. The van der Waals surface area contributed by atoms with Gasteiger partial charge in [-0.2, -0.15) is 0 Å². The summed E-state index contributed by atoms with van der Waals surface area (Å²) >= 11 is 1.56. The van der Waals surface area contributed by atoms with Crippen LogP contribution in [0, 0.1) is 11.3 Å². The summed E-state index contributed by atoms with van der Waals surface area (Å²) in [4.78, 5) is 58.4. The third kappa shape index (κ3) is 10.0. The Morgan fingerprint density at radius 1 is 0.883 bits per heavy atom. The summed E-state index contributed by atoms with van der Waals surface area (Å²) in [6, 6.07) is 15.3. The maximum Gasteiger partial charge on any atom is 0.408 e. The van der Waals surface area contributed by atoms with Gasteiger partial charge in [-0.25, -0.2) is 22.0 Å². The lowest BCUT2D eigenvalue weighted by atomic mass is 9.85. The number of sulfonamides is 1. The molecule has 328 valence electrons. The Bertz CT molecular complexity index is 2050. The van der Waals surface area contributed by atoms with Crippen LogP contribution in [-0.2, 0) is 33.9 Å². The van der Waals surface area contributed by atoms with Crippen LogP contribution >= 0.6 is 11.8 Å². The van der Waals surface area contributed by atoms with Gasteiger partial charge in [-0.3, -0.25) is 19.1 Å². The van der Waals surface area contributed by atoms with Gasteiger partial charge in [-0.1, -0.05) is 107 Å². The zero-order valence-electron chi connectivity index (χ0n) is 35.5. The third-order valence-corrected chi connectivity index (χ3v) is 15.9. The van der Waals surface area contributed by atoms with E-state index in [0.29, 0.717) is 31.4 Å². The van der Waals surface area contributed by atoms with E-state index in [9.17, 15) is 31.6 Å². The lowest BCUT2D eigenvalue weighted by Crippen LogP contribution is -2.60. The Morgan fingerprint density at radius 3 is 2.13 bits per heavy atom. The van der Waals surface area contributed by atoms with Crippen LogP contribution in [0.25, 0.3) is 11.1 Å². The fourth-order valence-electron chi connectivity index (χ4n) is 8.50. The van der Waals surface area contributed by atoms with E-state index in [2.05, 4.69) is 27.5 Å². The van der Waals surface area contributed by atoms with Gasteiger partial charge in [0.15, 0.2) is 0 Å². The molecule has 2 spiro atoms. The molecule has 2 bridgehead atoms. The smallest absolute Gasteiger partial charge is 0.408 e. The van der Waals surface area contributed by atoms with Crippen LogP contribution in [0.1, 0.15) is 111 Å². The molecule has 4 aliphatic rings. The van der Waals surface area contributed by atoms with E-state index in [1.165, 1.54) is 4.90 Å². The summed E-state index contributed by atoms with van der Waals surface area (Å²) in [6.45, 7) is 10.4. The van der Waals surface area contributed by atoms with Crippen LogP contribution in [0.2, 0.25) is 0 Å². The molecule has 5 atom stereocenters. The molecule has 15 heteroatoms. The van der Waals surface area contributed by atoms with E-state index in [1.54, 1.807) is 53.3 Å². The van der Waals surface area contributed by atoms with Gasteiger partial charge in [0.05, 0.1) is 15.4 Å². The van der Waals surface area contributed by atoms with Crippen molar-refractivity contribution in [2.45, 2.75) is 145 Å². The van der Waals surface area contributed by atoms with Crippen LogP contribution in [0.5, 0.6) is 0 Å². The number of nitrogens with one attached hydrogen (secondary N) is 3. The molecule has 0 unspecified atom stereocenters. The average Bonchev–Trinajstić information content (AvgIpc) is 4.09. The minimum atomic E-state index is -4.27. The standard InChI is InChI=1S/C45H60F2N4O7S2/c1-41(2,3)35(48-40(55)58-42(4,5)6)38(53)51-29-44(32-21-19-31(20-22-32)30-17-13-12-14-18-30)28-34(51)37(52)49-45(27-33(45)36(46)47)39(54)50-60(56,57)43(24-25-43)23-15-10-8-7-9-11-16-26-59-44/h11-14,16-22,33-36H,7-10,15,23-29H2,1-6H3,(H,48,55)(H,49,52)(H,50,54)/b16-11+/t33-,34-,35+,44-,45+/m0/s1. The van der Waals surface area contributed by atoms with Gasteiger partial charge in [0.2, 0.25) is 28.3 Å². The first-order valence-electron chi connectivity index (χ1n) is 21.0. The number of fused-ring (bicyclic) bond motifs is 2. The molecule has 2 aliphatic heterocycles. The van der Waals surface area contributed by atoms with Crippen LogP contribution in [-0.4, -0.2) is 83.8 Å². The second kappa shape index (κ2) is 17.4. The summed E-state index contributed by atoms with van der Waals surface area (Å²) in [5.74, 6) is -3.75. The van der Waals surface area contributed by atoms with E-state index >= 15 is 4.79 Å². The van der Waals surface area contributed by atoms with Gasteiger partial charge in [0.25, 0.3) is 5.91 Å². The molecule has 0 aromatic heterocycles. The summed E-state index contributed by atoms with van der Waals surface area (Å²) in [7, 11) is -4.27. The van der Waals surface area contributed by atoms with E-state index in [4.69, 9.17) is 4.74 Å². The highest BCUT2D eigenvalue weighted by molar-refractivity contribution is 8.00.